The molecule has 0 saturated heterocycles. The zero-order chi connectivity index (χ0) is 13.8. The topological polar surface area (TPSA) is 32.9 Å². The van der Waals surface area contributed by atoms with Gasteiger partial charge in [-0.1, -0.05) is 48.5 Å². The Hall–Kier alpha value is -2.35. The predicted octanol–water partition coefficient (Wildman–Crippen LogP) is 3.91. The van der Waals surface area contributed by atoms with Gasteiger partial charge in [0.2, 0.25) is 0 Å². The Morgan fingerprint density at radius 1 is 0.950 bits per heavy atom. The molecule has 0 atom stereocenters. The number of carbonyl (C=O) groups is 1. The summed E-state index contributed by atoms with van der Waals surface area (Å²) >= 11 is 0. The van der Waals surface area contributed by atoms with Crippen molar-refractivity contribution in [2.45, 2.75) is 19.3 Å². The molecular weight excluding hydrogens is 246 g/mol. The molecular formula is C18H17NO. The van der Waals surface area contributed by atoms with E-state index in [1.54, 1.807) is 0 Å². The summed E-state index contributed by atoms with van der Waals surface area (Å²) < 4.78 is 0. The fraction of sp³-hybridized carbons (Fsp3) is 0.167. The van der Waals surface area contributed by atoms with Crippen LogP contribution in [0.15, 0.2) is 60.8 Å². The number of benzene rings is 2. The van der Waals surface area contributed by atoms with E-state index >= 15 is 0 Å². The second-order valence-corrected chi connectivity index (χ2v) is 5.06. The Morgan fingerprint density at radius 2 is 1.70 bits per heavy atom. The normalized spacial score (nSPS) is 10.8. The summed E-state index contributed by atoms with van der Waals surface area (Å²) in [5.41, 5.74) is 3.46. The number of carbonyl (C=O) groups excluding carboxylic acids is 1. The summed E-state index contributed by atoms with van der Waals surface area (Å²) in [6.07, 6.45) is 3.94. The van der Waals surface area contributed by atoms with Gasteiger partial charge in [-0.3, -0.25) is 4.79 Å². The smallest absolute Gasteiger partial charge is 0.137 e. The third kappa shape index (κ3) is 2.80. The summed E-state index contributed by atoms with van der Waals surface area (Å²) in [6, 6.07) is 18.1. The number of hydrogen-bond acceptors (Lipinski definition) is 1. The molecule has 0 radical (unpaired) electrons. The van der Waals surface area contributed by atoms with Crippen LogP contribution in [0, 0.1) is 0 Å². The predicted molar refractivity (Wildman–Crippen MR) is 81.8 cm³/mol. The van der Waals surface area contributed by atoms with E-state index in [-0.39, 0.29) is 0 Å². The Balaban J connectivity index is 1.63. The van der Waals surface area contributed by atoms with Crippen LogP contribution in [0.2, 0.25) is 0 Å². The summed E-state index contributed by atoms with van der Waals surface area (Å²) in [6.45, 7) is 0. The Morgan fingerprint density at radius 3 is 2.55 bits per heavy atom. The van der Waals surface area contributed by atoms with Gasteiger partial charge in [0.15, 0.2) is 0 Å². The van der Waals surface area contributed by atoms with Gasteiger partial charge in [-0.25, -0.2) is 0 Å². The summed E-state index contributed by atoms with van der Waals surface area (Å²) in [4.78, 5) is 15.3. The zero-order valence-corrected chi connectivity index (χ0v) is 11.3. The molecule has 0 fully saturated rings. The first-order valence-electron chi connectivity index (χ1n) is 6.93. The molecule has 1 N–H and O–H groups in total. The van der Waals surface area contributed by atoms with Crippen LogP contribution in [0.25, 0.3) is 10.9 Å². The highest BCUT2D eigenvalue weighted by Crippen LogP contribution is 2.19. The van der Waals surface area contributed by atoms with Crippen LogP contribution in [0.5, 0.6) is 0 Å². The molecule has 0 aliphatic heterocycles. The number of aromatic amines is 1. The third-order valence-corrected chi connectivity index (χ3v) is 3.59. The van der Waals surface area contributed by atoms with Crippen LogP contribution < -0.4 is 0 Å². The second-order valence-electron chi connectivity index (χ2n) is 5.06. The molecule has 1 heterocycles. The van der Waals surface area contributed by atoms with E-state index in [0.29, 0.717) is 18.6 Å². The zero-order valence-electron chi connectivity index (χ0n) is 11.3. The molecule has 0 aliphatic carbocycles. The number of para-hydroxylation sites is 1. The SMILES string of the molecule is O=C(CCc1c[nH]c2ccccc12)Cc1ccccc1. The Labute approximate surface area is 118 Å². The van der Waals surface area contributed by atoms with E-state index in [0.717, 1.165) is 17.5 Å². The second kappa shape index (κ2) is 5.74. The number of Topliss-reactive ketones (excluding diaryl/α,β-unsaturated/α-hetero) is 1. The number of nitrogens with one attached hydrogen (secondary N) is 1. The van der Waals surface area contributed by atoms with Gasteiger partial charge in [0, 0.05) is 29.9 Å². The maximum Gasteiger partial charge on any atom is 0.137 e. The van der Waals surface area contributed by atoms with Crippen molar-refractivity contribution in [2.75, 3.05) is 0 Å². The standard InChI is InChI=1S/C18H17NO/c20-16(12-14-6-2-1-3-7-14)11-10-15-13-19-18-9-5-4-8-17(15)18/h1-9,13,19H,10-12H2. The lowest BCUT2D eigenvalue weighted by molar-refractivity contribution is -0.118. The van der Waals surface area contributed by atoms with Crippen LogP contribution in [0.4, 0.5) is 0 Å². The molecule has 0 spiro atoms. The van der Waals surface area contributed by atoms with Crippen LogP contribution in [0.1, 0.15) is 17.5 Å². The van der Waals surface area contributed by atoms with Crippen LogP contribution in [-0.4, -0.2) is 10.8 Å². The quantitative estimate of drug-likeness (QED) is 0.743. The van der Waals surface area contributed by atoms with E-state index in [2.05, 4.69) is 17.1 Å². The van der Waals surface area contributed by atoms with E-state index < -0.39 is 0 Å². The molecule has 20 heavy (non-hydrogen) atoms. The minimum absolute atomic E-state index is 0.293. The van der Waals surface area contributed by atoms with Crippen LogP contribution in [0.3, 0.4) is 0 Å². The highest BCUT2D eigenvalue weighted by Gasteiger charge is 2.07. The van der Waals surface area contributed by atoms with Crippen molar-refractivity contribution in [3.8, 4) is 0 Å². The molecule has 3 aromatic rings. The van der Waals surface area contributed by atoms with Crippen LogP contribution in [-0.2, 0) is 17.6 Å². The molecule has 0 unspecified atom stereocenters. The third-order valence-electron chi connectivity index (χ3n) is 3.59. The average Bonchev–Trinajstić information content (AvgIpc) is 2.89. The van der Waals surface area contributed by atoms with Crippen molar-refractivity contribution in [2.24, 2.45) is 0 Å². The molecule has 0 saturated carbocycles. The summed E-state index contributed by atoms with van der Waals surface area (Å²) in [5.74, 6) is 0.293. The van der Waals surface area contributed by atoms with Gasteiger partial charge in [0.1, 0.15) is 5.78 Å². The molecule has 2 aromatic carbocycles. The first-order chi connectivity index (χ1) is 9.83. The lowest BCUT2D eigenvalue weighted by atomic mass is 10.0. The lowest BCUT2D eigenvalue weighted by Gasteiger charge is -2.01. The molecule has 2 nitrogen and oxygen atoms in total. The van der Waals surface area contributed by atoms with Crippen molar-refractivity contribution in [3.63, 3.8) is 0 Å². The van der Waals surface area contributed by atoms with E-state index in [1.165, 1.54) is 10.9 Å². The maximum atomic E-state index is 12.0. The number of rotatable bonds is 5. The molecule has 0 amide bonds. The number of aryl methyl sites for hydroxylation is 1. The Kier molecular flexibility index (Phi) is 3.64. The minimum Gasteiger partial charge on any atom is -0.361 e. The number of fused-ring (bicyclic) bond motifs is 1. The fourth-order valence-corrected chi connectivity index (χ4v) is 2.52. The molecule has 100 valence electrons. The van der Waals surface area contributed by atoms with Crippen molar-refractivity contribution < 1.29 is 4.79 Å². The van der Waals surface area contributed by atoms with Gasteiger partial charge in [-0.15, -0.1) is 0 Å². The average molecular weight is 263 g/mol. The van der Waals surface area contributed by atoms with Crippen molar-refractivity contribution in [1.82, 2.24) is 4.98 Å². The van der Waals surface area contributed by atoms with Gasteiger partial charge in [0.05, 0.1) is 0 Å². The maximum absolute atomic E-state index is 12.0. The van der Waals surface area contributed by atoms with Crippen molar-refractivity contribution in [3.05, 3.63) is 71.9 Å². The number of aromatic nitrogens is 1. The largest absolute Gasteiger partial charge is 0.361 e. The van der Waals surface area contributed by atoms with E-state index in [4.69, 9.17) is 0 Å². The highest BCUT2D eigenvalue weighted by molar-refractivity contribution is 5.85. The summed E-state index contributed by atoms with van der Waals surface area (Å²) in [7, 11) is 0. The van der Waals surface area contributed by atoms with Gasteiger partial charge in [-0.2, -0.15) is 0 Å². The molecule has 2 heteroatoms. The summed E-state index contributed by atoms with van der Waals surface area (Å²) in [5, 5.41) is 1.22. The number of hydrogen-bond donors (Lipinski definition) is 1. The first kappa shape index (κ1) is 12.7. The lowest BCUT2D eigenvalue weighted by Crippen LogP contribution is -2.04. The van der Waals surface area contributed by atoms with Gasteiger partial charge < -0.3 is 4.98 Å². The van der Waals surface area contributed by atoms with E-state index in [9.17, 15) is 4.79 Å². The van der Waals surface area contributed by atoms with Gasteiger partial charge >= 0.3 is 0 Å². The number of ketones is 1. The minimum atomic E-state index is 0.293. The molecule has 1 aromatic heterocycles. The first-order valence-corrected chi connectivity index (χ1v) is 6.93. The Bertz CT molecular complexity index is 712. The van der Waals surface area contributed by atoms with E-state index in [1.807, 2.05) is 48.7 Å². The van der Waals surface area contributed by atoms with Crippen LogP contribution >= 0.6 is 0 Å². The molecule has 0 bridgehead atoms. The van der Waals surface area contributed by atoms with Crippen molar-refractivity contribution in [1.29, 1.82) is 0 Å². The fourth-order valence-electron chi connectivity index (χ4n) is 2.52. The van der Waals surface area contributed by atoms with Crippen molar-refractivity contribution >= 4 is 16.7 Å². The highest BCUT2D eigenvalue weighted by atomic mass is 16.1. The monoisotopic (exact) mass is 263 g/mol. The van der Waals surface area contributed by atoms with Gasteiger partial charge in [-0.05, 0) is 23.6 Å². The molecule has 3 rings (SSSR count). The molecule has 0 aliphatic rings. The van der Waals surface area contributed by atoms with Gasteiger partial charge in [0.25, 0.3) is 0 Å². The number of H-pyrrole nitrogens is 1.